The molecule has 0 aliphatic heterocycles. The first-order valence-electron chi connectivity index (χ1n) is 8.42. The molecule has 0 fully saturated rings. The first-order valence-corrected chi connectivity index (χ1v) is 8.42. The maximum Gasteiger partial charge on any atom is 0.416 e. The van der Waals surface area contributed by atoms with Crippen molar-refractivity contribution in [1.82, 2.24) is 9.97 Å². The standard InChI is InChI=1S/C20H18F3N3O3/c1-27-16-7-12(8-17(28-2)19(16)29-3)15-10-24-11-18(26-15)25-14-6-4-5-13(9-14)20(21,22)23/h4-11H,1-3H3,(H,25,26). The van der Waals surface area contributed by atoms with E-state index >= 15 is 0 Å². The molecule has 0 saturated heterocycles. The number of hydrogen-bond donors (Lipinski definition) is 1. The van der Waals surface area contributed by atoms with Crippen molar-refractivity contribution < 1.29 is 27.4 Å². The molecule has 3 rings (SSSR count). The van der Waals surface area contributed by atoms with Crippen LogP contribution in [0.1, 0.15) is 5.56 Å². The van der Waals surface area contributed by atoms with E-state index < -0.39 is 11.7 Å². The van der Waals surface area contributed by atoms with Crippen LogP contribution in [-0.4, -0.2) is 31.3 Å². The lowest BCUT2D eigenvalue weighted by molar-refractivity contribution is -0.137. The third-order valence-electron chi connectivity index (χ3n) is 4.06. The number of benzene rings is 2. The van der Waals surface area contributed by atoms with Gasteiger partial charge in [0.1, 0.15) is 5.82 Å². The zero-order valence-corrected chi connectivity index (χ0v) is 15.9. The zero-order valence-electron chi connectivity index (χ0n) is 15.9. The lowest BCUT2D eigenvalue weighted by Gasteiger charge is -2.14. The summed E-state index contributed by atoms with van der Waals surface area (Å²) in [4.78, 5) is 8.55. The van der Waals surface area contributed by atoms with Crippen LogP contribution >= 0.6 is 0 Å². The lowest BCUT2D eigenvalue weighted by Crippen LogP contribution is -2.05. The molecule has 0 aliphatic carbocycles. The van der Waals surface area contributed by atoms with Gasteiger partial charge in [-0.1, -0.05) is 6.07 Å². The molecular weight excluding hydrogens is 387 g/mol. The monoisotopic (exact) mass is 405 g/mol. The third-order valence-corrected chi connectivity index (χ3v) is 4.06. The lowest BCUT2D eigenvalue weighted by atomic mass is 10.1. The van der Waals surface area contributed by atoms with Gasteiger partial charge in [0, 0.05) is 11.3 Å². The van der Waals surface area contributed by atoms with Gasteiger partial charge in [-0.25, -0.2) is 4.98 Å². The number of nitrogens with zero attached hydrogens (tertiary/aromatic N) is 2. The van der Waals surface area contributed by atoms with Gasteiger partial charge in [-0.2, -0.15) is 13.2 Å². The van der Waals surface area contributed by atoms with E-state index in [9.17, 15) is 13.2 Å². The minimum atomic E-state index is -4.43. The van der Waals surface area contributed by atoms with Gasteiger partial charge >= 0.3 is 6.18 Å². The van der Waals surface area contributed by atoms with Crippen LogP contribution in [0.5, 0.6) is 17.2 Å². The van der Waals surface area contributed by atoms with Crippen LogP contribution in [0, 0.1) is 0 Å². The highest BCUT2D eigenvalue weighted by Gasteiger charge is 2.30. The molecule has 0 radical (unpaired) electrons. The number of nitrogens with one attached hydrogen (secondary N) is 1. The molecule has 0 spiro atoms. The van der Waals surface area contributed by atoms with Crippen molar-refractivity contribution >= 4 is 11.5 Å². The van der Waals surface area contributed by atoms with E-state index in [4.69, 9.17) is 14.2 Å². The Hall–Kier alpha value is -3.49. The fourth-order valence-corrected chi connectivity index (χ4v) is 2.72. The normalized spacial score (nSPS) is 11.1. The molecule has 2 aromatic carbocycles. The van der Waals surface area contributed by atoms with Gasteiger partial charge in [0.25, 0.3) is 0 Å². The van der Waals surface area contributed by atoms with Gasteiger partial charge in [0.05, 0.1) is 45.0 Å². The van der Waals surface area contributed by atoms with Gasteiger partial charge in [0.15, 0.2) is 11.5 Å². The highest BCUT2D eigenvalue weighted by atomic mass is 19.4. The molecule has 1 heterocycles. The van der Waals surface area contributed by atoms with Crippen LogP contribution in [0.25, 0.3) is 11.3 Å². The van der Waals surface area contributed by atoms with Crippen molar-refractivity contribution in [3.8, 4) is 28.5 Å². The second-order valence-corrected chi connectivity index (χ2v) is 5.91. The number of methoxy groups -OCH3 is 3. The van der Waals surface area contributed by atoms with E-state index in [2.05, 4.69) is 15.3 Å². The molecule has 1 aromatic heterocycles. The molecule has 9 heteroatoms. The van der Waals surface area contributed by atoms with Crippen LogP contribution in [-0.2, 0) is 6.18 Å². The van der Waals surface area contributed by atoms with Crippen molar-refractivity contribution in [2.24, 2.45) is 0 Å². The average Bonchev–Trinajstić information content (AvgIpc) is 2.72. The molecule has 0 bridgehead atoms. The van der Waals surface area contributed by atoms with Gasteiger partial charge in [-0.05, 0) is 30.3 Å². The largest absolute Gasteiger partial charge is 0.493 e. The molecule has 1 N–H and O–H groups in total. The first kappa shape index (κ1) is 20.2. The summed E-state index contributed by atoms with van der Waals surface area (Å²) in [5.41, 5.74) is 0.605. The summed E-state index contributed by atoms with van der Waals surface area (Å²) in [6.45, 7) is 0. The van der Waals surface area contributed by atoms with Crippen molar-refractivity contribution in [2.75, 3.05) is 26.6 Å². The first-order chi connectivity index (χ1) is 13.9. The summed E-state index contributed by atoms with van der Waals surface area (Å²) in [6, 6.07) is 8.26. The van der Waals surface area contributed by atoms with Crippen molar-refractivity contribution in [3.05, 3.63) is 54.4 Å². The van der Waals surface area contributed by atoms with E-state index in [0.717, 1.165) is 12.1 Å². The van der Waals surface area contributed by atoms with Crippen molar-refractivity contribution in [1.29, 1.82) is 0 Å². The summed E-state index contributed by atoms with van der Waals surface area (Å²) in [5.74, 6) is 1.61. The Morgan fingerprint density at radius 2 is 1.59 bits per heavy atom. The Bertz CT molecular complexity index is 984. The fraction of sp³-hybridized carbons (Fsp3) is 0.200. The van der Waals surface area contributed by atoms with Crippen LogP contribution in [0.15, 0.2) is 48.8 Å². The number of halogens is 3. The number of rotatable bonds is 6. The number of ether oxygens (including phenoxy) is 3. The highest BCUT2D eigenvalue weighted by Crippen LogP contribution is 2.41. The topological polar surface area (TPSA) is 65.5 Å². The maximum absolute atomic E-state index is 12.9. The predicted molar refractivity (Wildman–Crippen MR) is 102 cm³/mol. The molecule has 6 nitrogen and oxygen atoms in total. The predicted octanol–water partition coefficient (Wildman–Crippen LogP) is 4.93. The zero-order chi connectivity index (χ0) is 21.0. The molecule has 3 aromatic rings. The van der Waals surface area contributed by atoms with Crippen LogP contribution in [0.4, 0.5) is 24.7 Å². The Balaban J connectivity index is 1.95. The van der Waals surface area contributed by atoms with Crippen molar-refractivity contribution in [3.63, 3.8) is 0 Å². The third kappa shape index (κ3) is 4.50. The summed E-state index contributed by atoms with van der Waals surface area (Å²) in [7, 11) is 4.50. The average molecular weight is 405 g/mol. The molecule has 0 atom stereocenters. The van der Waals surface area contributed by atoms with Gasteiger partial charge in [0.2, 0.25) is 5.75 Å². The second-order valence-electron chi connectivity index (χ2n) is 5.91. The van der Waals surface area contributed by atoms with E-state index in [-0.39, 0.29) is 11.5 Å². The summed E-state index contributed by atoms with van der Waals surface area (Å²) >= 11 is 0. The summed E-state index contributed by atoms with van der Waals surface area (Å²) in [6.07, 6.45) is -1.48. The van der Waals surface area contributed by atoms with Crippen molar-refractivity contribution in [2.45, 2.75) is 6.18 Å². The Morgan fingerprint density at radius 1 is 0.897 bits per heavy atom. The van der Waals surface area contributed by atoms with Crippen LogP contribution in [0.2, 0.25) is 0 Å². The van der Waals surface area contributed by atoms with E-state index in [0.29, 0.717) is 28.5 Å². The van der Waals surface area contributed by atoms with E-state index in [1.54, 1.807) is 12.1 Å². The van der Waals surface area contributed by atoms with Crippen LogP contribution < -0.4 is 19.5 Å². The SMILES string of the molecule is COc1cc(-c2cncc(Nc3cccc(C(F)(F)F)c3)n2)cc(OC)c1OC. The maximum atomic E-state index is 12.9. The quantitative estimate of drug-likeness (QED) is 0.627. The molecule has 0 amide bonds. The molecule has 0 unspecified atom stereocenters. The Labute approximate surface area is 165 Å². The number of aromatic nitrogens is 2. The van der Waals surface area contributed by atoms with E-state index in [1.807, 2.05) is 0 Å². The minimum Gasteiger partial charge on any atom is -0.493 e. The van der Waals surface area contributed by atoms with Crippen LogP contribution in [0.3, 0.4) is 0 Å². The smallest absolute Gasteiger partial charge is 0.416 e. The summed E-state index contributed by atoms with van der Waals surface area (Å²) < 4.78 is 54.7. The Kier molecular flexibility index (Phi) is 5.76. The molecule has 0 saturated carbocycles. The number of alkyl halides is 3. The molecule has 29 heavy (non-hydrogen) atoms. The van der Waals surface area contributed by atoms with E-state index in [1.165, 1.54) is 45.9 Å². The van der Waals surface area contributed by atoms with Gasteiger partial charge in [-0.3, -0.25) is 4.98 Å². The molecule has 152 valence electrons. The van der Waals surface area contributed by atoms with Gasteiger partial charge in [-0.15, -0.1) is 0 Å². The summed E-state index contributed by atoms with van der Waals surface area (Å²) in [5, 5.41) is 2.85. The number of hydrogen-bond acceptors (Lipinski definition) is 6. The number of anilines is 2. The highest BCUT2D eigenvalue weighted by molar-refractivity contribution is 5.69. The Morgan fingerprint density at radius 3 is 2.17 bits per heavy atom. The second kappa shape index (κ2) is 8.26. The molecule has 0 aliphatic rings. The van der Waals surface area contributed by atoms with Gasteiger partial charge < -0.3 is 19.5 Å². The minimum absolute atomic E-state index is 0.246. The fourth-order valence-electron chi connectivity index (χ4n) is 2.72. The molecular formula is C20H18F3N3O3.